The van der Waals surface area contributed by atoms with Gasteiger partial charge in [-0.25, -0.2) is 0 Å². The van der Waals surface area contributed by atoms with Crippen LogP contribution in [0.2, 0.25) is 0 Å². The highest BCUT2D eigenvalue weighted by Crippen LogP contribution is 2.18. The number of ether oxygens (including phenoxy) is 1. The molecule has 0 saturated carbocycles. The highest BCUT2D eigenvalue weighted by Gasteiger charge is 2.04. The zero-order valence-corrected chi connectivity index (χ0v) is 9.18. The second kappa shape index (κ2) is 7.90. The highest BCUT2D eigenvalue weighted by molar-refractivity contribution is 5.08. The number of hydrogen-bond acceptors (Lipinski definition) is 1. The molecule has 0 N–H and O–H groups in total. The molecule has 0 fully saturated rings. The van der Waals surface area contributed by atoms with Crippen molar-refractivity contribution in [2.45, 2.75) is 39.5 Å². The summed E-state index contributed by atoms with van der Waals surface area (Å²) in [6, 6.07) is 0. The van der Waals surface area contributed by atoms with E-state index in [0.29, 0.717) is 5.92 Å². The van der Waals surface area contributed by atoms with Gasteiger partial charge in [0.1, 0.15) is 0 Å². The topological polar surface area (TPSA) is 9.23 Å². The van der Waals surface area contributed by atoms with Crippen LogP contribution in [0.5, 0.6) is 0 Å². The van der Waals surface area contributed by atoms with E-state index in [1.54, 1.807) is 7.11 Å². The summed E-state index contributed by atoms with van der Waals surface area (Å²) in [5.74, 6) is 0.441. The Morgan fingerprint density at radius 2 is 2.15 bits per heavy atom. The van der Waals surface area contributed by atoms with Crippen molar-refractivity contribution in [2.24, 2.45) is 5.92 Å². The van der Waals surface area contributed by atoms with Gasteiger partial charge in [0.05, 0.1) is 13.4 Å². The van der Waals surface area contributed by atoms with E-state index in [2.05, 4.69) is 20.4 Å². The van der Waals surface area contributed by atoms with Crippen LogP contribution < -0.4 is 0 Å². The van der Waals surface area contributed by atoms with E-state index in [1.807, 2.05) is 12.3 Å². The summed E-state index contributed by atoms with van der Waals surface area (Å²) in [6.07, 6.45) is 8.78. The molecule has 1 atom stereocenters. The van der Waals surface area contributed by atoms with Gasteiger partial charge >= 0.3 is 0 Å². The molecule has 0 aliphatic rings. The van der Waals surface area contributed by atoms with Gasteiger partial charge < -0.3 is 4.74 Å². The van der Waals surface area contributed by atoms with Crippen molar-refractivity contribution < 1.29 is 4.74 Å². The van der Waals surface area contributed by atoms with Gasteiger partial charge in [-0.1, -0.05) is 32.8 Å². The molecule has 0 bridgehead atoms. The average Bonchev–Trinajstić information content (AvgIpc) is 2.16. The summed E-state index contributed by atoms with van der Waals surface area (Å²) in [5.41, 5.74) is 1.35. The lowest BCUT2D eigenvalue weighted by Gasteiger charge is -2.11. The van der Waals surface area contributed by atoms with Gasteiger partial charge in [-0.15, -0.1) is 6.58 Å². The maximum absolute atomic E-state index is 5.05. The van der Waals surface area contributed by atoms with E-state index in [9.17, 15) is 0 Å². The molecule has 0 radical (unpaired) electrons. The monoisotopic (exact) mass is 182 g/mol. The summed E-state index contributed by atoms with van der Waals surface area (Å²) < 4.78 is 5.05. The van der Waals surface area contributed by atoms with Gasteiger partial charge in [-0.3, -0.25) is 0 Å². The third kappa shape index (κ3) is 5.51. The van der Waals surface area contributed by atoms with E-state index in [1.165, 1.54) is 24.8 Å². The summed E-state index contributed by atoms with van der Waals surface area (Å²) in [6.45, 7) is 8.17. The Morgan fingerprint density at radius 3 is 2.62 bits per heavy atom. The molecule has 0 aromatic rings. The normalized spacial score (nSPS) is 13.9. The first-order valence-electron chi connectivity index (χ1n) is 5.10. The zero-order valence-electron chi connectivity index (χ0n) is 9.18. The standard InChI is InChI=1S/C12H22O/c1-5-7-8-9-12(10-13-4)11(3)6-2/h6,10-11H,2,5,7-9H2,1,3-4H3/b12-10-. The zero-order chi connectivity index (χ0) is 10.1. The molecule has 0 saturated heterocycles. The van der Waals surface area contributed by atoms with Crippen molar-refractivity contribution in [1.29, 1.82) is 0 Å². The predicted molar refractivity (Wildman–Crippen MR) is 58.6 cm³/mol. The number of allylic oxidation sites excluding steroid dienone is 2. The summed E-state index contributed by atoms with van der Waals surface area (Å²) in [4.78, 5) is 0. The van der Waals surface area contributed by atoms with E-state index >= 15 is 0 Å². The lowest BCUT2D eigenvalue weighted by molar-refractivity contribution is 0.328. The van der Waals surface area contributed by atoms with E-state index in [0.717, 1.165) is 6.42 Å². The molecule has 0 heterocycles. The smallest absolute Gasteiger partial charge is 0.0822 e. The van der Waals surface area contributed by atoms with Gasteiger partial charge in [0.2, 0.25) is 0 Å². The maximum Gasteiger partial charge on any atom is 0.0822 e. The molecule has 0 aromatic carbocycles. The van der Waals surface area contributed by atoms with Crippen LogP contribution in [-0.4, -0.2) is 7.11 Å². The SMILES string of the molecule is C=CC(C)/C(=C\OC)CCCCC. The van der Waals surface area contributed by atoms with Crippen LogP contribution in [-0.2, 0) is 4.74 Å². The van der Waals surface area contributed by atoms with Crippen LogP contribution in [0.4, 0.5) is 0 Å². The maximum atomic E-state index is 5.05. The summed E-state index contributed by atoms with van der Waals surface area (Å²) in [5, 5.41) is 0. The van der Waals surface area contributed by atoms with Crippen LogP contribution in [0.3, 0.4) is 0 Å². The third-order valence-electron chi connectivity index (χ3n) is 2.28. The van der Waals surface area contributed by atoms with E-state index in [4.69, 9.17) is 4.74 Å². The molecule has 1 unspecified atom stereocenters. The van der Waals surface area contributed by atoms with Crippen LogP contribution >= 0.6 is 0 Å². The van der Waals surface area contributed by atoms with Crippen molar-refractivity contribution in [3.05, 3.63) is 24.5 Å². The van der Waals surface area contributed by atoms with Crippen molar-refractivity contribution in [3.63, 3.8) is 0 Å². The molecule has 13 heavy (non-hydrogen) atoms. The minimum absolute atomic E-state index is 0.441. The molecule has 76 valence electrons. The lowest BCUT2D eigenvalue weighted by Crippen LogP contribution is -1.96. The molecule has 0 aliphatic carbocycles. The minimum Gasteiger partial charge on any atom is -0.504 e. The third-order valence-corrected chi connectivity index (χ3v) is 2.28. The Balaban J connectivity index is 3.95. The lowest BCUT2D eigenvalue weighted by atomic mass is 9.97. The van der Waals surface area contributed by atoms with Crippen LogP contribution in [0, 0.1) is 5.92 Å². The molecule has 0 rings (SSSR count). The second-order valence-corrected chi connectivity index (χ2v) is 3.41. The molecular formula is C12H22O. The summed E-state index contributed by atoms with van der Waals surface area (Å²) >= 11 is 0. The van der Waals surface area contributed by atoms with Crippen LogP contribution in [0.15, 0.2) is 24.5 Å². The fourth-order valence-corrected chi connectivity index (χ4v) is 1.28. The summed E-state index contributed by atoms with van der Waals surface area (Å²) in [7, 11) is 1.70. The number of methoxy groups -OCH3 is 1. The van der Waals surface area contributed by atoms with Gasteiger partial charge in [0, 0.05) is 0 Å². The Morgan fingerprint density at radius 1 is 1.46 bits per heavy atom. The fraction of sp³-hybridized carbons (Fsp3) is 0.667. The molecule has 1 nitrogen and oxygen atoms in total. The number of hydrogen-bond donors (Lipinski definition) is 0. The molecule has 0 amide bonds. The van der Waals surface area contributed by atoms with Gasteiger partial charge in [-0.2, -0.15) is 0 Å². The first kappa shape index (κ1) is 12.3. The minimum atomic E-state index is 0.441. The fourth-order valence-electron chi connectivity index (χ4n) is 1.28. The quantitative estimate of drug-likeness (QED) is 0.329. The first-order valence-corrected chi connectivity index (χ1v) is 5.10. The second-order valence-electron chi connectivity index (χ2n) is 3.41. The first-order chi connectivity index (χ1) is 6.26. The Bertz CT molecular complexity index is 159. The molecular weight excluding hydrogens is 160 g/mol. The van der Waals surface area contributed by atoms with Crippen molar-refractivity contribution in [3.8, 4) is 0 Å². The van der Waals surface area contributed by atoms with Gasteiger partial charge in [0.15, 0.2) is 0 Å². The Hall–Kier alpha value is -0.720. The van der Waals surface area contributed by atoms with E-state index in [-0.39, 0.29) is 0 Å². The molecule has 1 heteroatoms. The van der Waals surface area contributed by atoms with Gasteiger partial charge in [-0.05, 0) is 24.3 Å². The largest absolute Gasteiger partial charge is 0.504 e. The molecule has 0 spiro atoms. The van der Waals surface area contributed by atoms with E-state index < -0.39 is 0 Å². The molecule has 0 aromatic heterocycles. The average molecular weight is 182 g/mol. The van der Waals surface area contributed by atoms with Crippen molar-refractivity contribution in [2.75, 3.05) is 7.11 Å². The molecule has 0 aliphatic heterocycles. The highest BCUT2D eigenvalue weighted by atomic mass is 16.5. The van der Waals surface area contributed by atoms with Crippen LogP contribution in [0.1, 0.15) is 39.5 Å². The predicted octanol–water partition coefficient (Wildman–Crippen LogP) is 3.92. The number of unbranched alkanes of at least 4 members (excludes halogenated alkanes) is 2. The number of rotatable bonds is 7. The van der Waals surface area contributed by atoms with Crippen molar-refractivity contribution >= 4 is 0 Å². The van der Waals surface area contributed by atoms with Gasteiger partial charge in [0.25, 0.3) is 0 Å². The van der Waals surface area contributed by atoms with Crippen LogP contribution in [0.25, 0.3) is 0 Å². The van der Waals surface area contributed by atoms with Crippen molar-refractivity contribution in [1.82, 2.24) is 0 Å². The Labute approximate surface area is 82.5 Å². The Kier molecular flexibility index (Phi) is 7.47.